The molecule has 0 unspecified atom stereocenters. The molecule has 0 nitrogen and oxygen atoms in total. The molecule has 0 amide bonds. The van der Waals surface area contributed by atoms with Crippen molar-refractivity contribution in [1.82, 2.24) is 0 Å². The topological polar surface area (TPSA) is 0 Å². The lowest BCUT2D eigenvalue weighted by Gasteiger charge is -2.43. The first-order chi connectivity index (χ1) is 11.7. The summed E-state index contributed by atoms with van der Waals surface area (Å²) in [6.07, 6.45) is -2.72. The van der Waals surface area contributed by atoms with E-state index in [9.17, 15) is 35.1 Å². The van der Waals surface area contributed by atoms with E-state index in [0.717, 1.165) is 0 Å². The Bertz CT molecular complexity index is 426. The zero-order valence-electron chi connectivity index (χ0n) is 13.7. The van der Waals surface area contributed by atoms with Crippen molar-refractivity contribution in [3.05, 3.63) is 0 Å². The average molecular weight is 524 g/mol. The normalized spacial score (nSPS) is 32.5. The number of alkyl halides is 10. The van der Waals surface area contributed by atoms with E-state index >= 15 is 0 Å². The summed E-state index contributed by atoms with van der Waals surface area (Å²) < 4.78 is 111. The molecule has 0 aliphatic heterocycles. The van der Waals surface area contributed by atoms with E-state index in [1.54, 1.807) is 0 Å². The molecule has 10 heteroatoms. The maximum atomic E-state index is 14.5. The molecule has 154 valence electrons. The van der Waals surface area contributed by atoms with E-state index in [1.807, 2.05) is 0 Å². The first-order valence-corrected chi connectivity index (χ1v) is 10.1. The Morgan fingerprint density at radius 1 is 0.423 bits per heavy atom. The quantitative estimate of drug-likeness (QED) is 0.254. The van der Waals surface area contributed by atoms with Gasteiger partial charge in [0.25, 0.3) is 0 Å². The minimum atomic E-state index is -4.34. The summed E-state index contributed by atoms with van der Waals surface area (Å²) in [5.41, 5.74) is 0. The van der Waals surface area contributed by atoms with Gasteiger partial charge in [-0.05, 0) is 83.2 Å². The van der Waals surface area contributed by atoms with E-state index in [0.29, 0.717) is 0 Å². The monoisotopic (exact) mass is 522 g/mol. The number of hydrogen-bond acceptors (Lipinski definition) is 0. The van der Waals surface area contributed by atoms with Crippen LogP contribution in [0.5, 0.6) is 0 Å². The second-order valence-corrected chi connectivity index (χ2v) is 9.54. The fourth-order valence-corrected chi connectivity index (χ4v) is 5.03. The third-order valence-corrected chi connectivity index (χ3v) is 7.15. The Labute approximate surface area is 163 Å². The Hall–Kier alpha value is 0.400. The maximum Gasteiger partial charge on any atom is 0.313 e. The summed E-state index contributed by atoms with van der Waals surface area (Å²) in [4.78, 5) is -6.40. The molecule has 0 aromatic heterocycles. The molecule has 0 saturated heterocycles. The highest BCUT2D eigenvalue weighted by atomic mass is 79.9. The van der Waals surface area contributed by atoms with Gasteiger partial charge in [0.15, 0.2) is 0 Å². The molecule has 0 heterocycles. The Balaban J connectivity index is 2.01. The van der Waals surface area contributed by atoms with Gasteiger partial charge in [0.2, 0.25) is 0 Å². The van der Waals surface area contributed by atoms with Crippen molar-refractivity contribution in [1.29, 1.82) is 0 Å². The smallest absolute Gasteiger partial charge is 0.200 e. The lowest BCUT2D eigenvalue weighted by Crippen LogP contribution is -2.53. The Morgan fingerprint density at radius 3 is 0.808 bits per heavy atom. The van der Waals surface area contributed by atoms with Gasteiger partial charge in [-0.25, -0.2) is 0 Å². The average Bonchev–Trinajstić information content (AvgIpc) is 2.53. The number of rotatable bonds is 5. The van der Waals surface area contributed by atoms with Crippen molar-refractivity contribution < 1.29 is 35.1 Å². The van der Waals surface area contributed by atoms with Gasteiger partial charge >= 0.3 is 21.5 Å². The lowest BCUT2D eigenvalue weighted by molar-refractivity contribution is -0.271. The molecule has 2 rings (SSSR count). The van der Waals surface area contributed by atoms with Crippen molar-refractivity contribution in [2.24, 2.45) is 23.7 Å². The summed E-state index contributed by atoms with van der Waals surface area (Å²) in [6, 6.07) is 0. The third-order valence-electron chi connectivity index (χ3n) is 5.85. The summed E-state index contributed by atoms with van der Waals surface area (Å²) in [7, 11) is 0. The first kappa shape index (κ1) is 22.7. The van der Waals surface area contributed by atoms with Crippen molar-refractivity contribution in [3.8, 4) is 0 Å². The lowest BCUT2D eigenvalue weighted by atomic mass is 9.72. The minimum Gasteiger partial charge on any atom is -0.200 e. The molecule has 26 heavy (non-hydrogen) atoms. The Kier molecular flexibility index (Phi) is 6.69. The zero-order chi connectivity index (χ0) is 20.0. The van der Waals surface area contributed by atoms with Gasteiger partial charge in [0, 0.05) is 23.7 Å². The van der Waals surface area contributed by atoms with Crippen LogP contribution in [0.15, 0.2) is 0 Å². The molecule has 0 radical (unpaired) electrons. The molecular weight excluding hydrogens is 504 g/mol. The molecule has 0 bridgehead atoms. The van der Waals surface area contributed by atoms with E-state index in [4.69, 9.17) is 0 Å². The molecule has 2 aliphatic carbocycles. The van der Waals surface area contributed by atoms with Gasteiger partial charge in [0.1, 0.15) is 0 Å². The van der Waals surface area contributed by atoms with Crippen LogP contribution < -0.4 is 0 Å². The molecule has 0 N–H and O–H groups in total. The van der Waals surface area contributed by atoms with E-state index in [2.05, 4.69) is 31.9 Å². The standard InChI is InChI=1S/C16H20Br2F8/c17-15(23,24)11-5-1-9(2-6-11)13(19,20)14(21,22)10-3-7-12(8-4-10)16(18,25)26/h9-12H,1-8H2. The van der Waals surface area contributed by atoms with Gasteiger partial charge in [-0.3, -0.25) is 0 Å². The van der Waals surface area contributed by atoms with Crippen molar-refractivity contribution in [3.63, 3.8) is 0 Å². The fourth-order valence-electron chi connectivity index (χ4n) is 4.11. The molecule has 2 aliphatic rings. The van der Waals surface area contributed by atoms with Crippen LogP contribution in [0.3, 0.4) is 0 Å². The number of halogens is 10. The molecule has 2 fully saturated rings. The third kappa shape index (κ3) is 4.69. The van der Waals surface area contributed by atoms with Crippen LogP contribution in [0.1, 0.15) is 51.4 Å². The SMILES string of the molecule is FC(F)(Br)C1CCC(C(F)(F)C(F)(F)C2CCC(C(F)(F)Br)CC2)CC1. The molecule has 2 saturated carbocycles. The van der Waals surface area contributed by atoms with Gasteiger partial charge in [-0.2, -0.15) is 35.1 Å². The minimum absolute atomic E-state index is 0.267. The predicted molar refractivity (Wildman–Crippen MR) is 88.5 cm³/mol. The van der Waals surface area contributed by atoms with Gasteiger partial charge in [-0.15, -0.1) is 0 Å². The second kappa shape index (κ2) is 7.67. The first-order valence-electron chi connectivity index (χ1n) is 8.56. The van der Waals surface area contributed by atoms with Gasteiger partial charge in [0.05, 0.1) is 0 Å². The molecule has 0 atom stereocenters. The van der Waals surface area contributed by atoms with Crippen LogP contribution >= 0.6 is 31.9 Å². The highest BCUT2D eigenvalue weighted by Gasteiger charge is 2.65. The summed E-state index contributed by atoms with van der Waals surface area (Å²) in [5.74, 6) is -14.3. The predicted octanol–water partition coefficient (Wildman–Crippen LogP) is 7.85. The Morgan fingerprint density at radius 2 is 0.615 bits per heavy atom. The highest BCUT2D eigenvalue weighted by Crippen LogP contribution is 2.55. The highest BCUT2D eigenvalue weighted by molar-refractivity contribution is 9.10. The van der Waals surface area contributed by atoms with Crippen LogP contribution in [0.25, 0.3) is 0 Å². The maximum absolute atomic E-state index is 14.5. The van der Waals surface area contributed by atoms with Crippen LogP contribution in [0.2, 0.25) is 0 Å². The van der Waals surface area contributed by atoms with Crippen LogP contribution in [-0.4, -0.2) is 21.5 Å². The summed E-state index contributed by atoms with van der Waals surface area (Å²) in [5, 5.41) is 0. The van der Waals surface area contributed by atoms with Gasteiger partial charge in [-0.1, -0.05) is 0 Å². The van der Waals surface area contributed by atoms with Crippen molar-refractivity contribution in [2.75, 3.05) is 0 Å². The molecular formula is C16H20Br2F8. The molecule has 0 spiro atoms. The van der Waals surface area contributed by atoms with E-state index in [1.165, 1.54) is 0 Å². The van der Waals surface area contributed by atoms with Crippen LogP contribution in [0, 0.1) is 23.7 Å². The second-order valence-electron chi connectivity index (χ2n) is 7.43. The molecule has 0 aromatic rings. The van der Waals surface area contributed by atoms with Crippen molar-refractivity contribution >= 4 is 31.9 Å². The van der Waals surface area contributed by atoms with Crippen molar-refractivity contribution in [2.45, 2.75) is 72.9 Å². The number of hydrogen-bond donors (Lipinski definition) is 0. The largest absolute Gasteiger partial charge is 0.313 e. The van der Waals surface area contributed by atoms with E-state index in [-0.39, 0.29) is 25.7 Å². The van der Waals surface area contributed by atoms with E-state index < -0.39 is 70.9 Å². The van der Waals surface area contributed by atoms with Crippen LogP contribution in [0.4, 0.5) is 35.1 Å². The summed E-state index contributed by atoms with van der Waals surface area (Å²) in [6.45, 7) is 0. The summed E-state index contributed by atoms with van der Waals surface area (Å²) >= 11 is 4.40. The molecule has 0 aromatic carbocycles. The van der Waals surface area contributed by atoms with Crippen LogP contribution in [-0.2, 0) is 0 Å². The van der Waals surface area contributed by atoms with Gasteiger partial charge < -0.3 is 0 Å². The zero-order valence-corrected chi connectivity index (χ0v) is 16.9. The fraction of sp³-hybridized carbons (Fsp3) is 1.00.